The molecule has 1 heterocycles. The van der Waals surface area contributed by atoms with Crippen LogP contribution in [0.15, 0.2) is 158 Å². The van der Waals surface area contributed by atoms with Crippen molar-refractivity contribution in [2.45, 2.75) is 0 Å². The molecule has 8 aromatic rings. The van der Waals surface area contributed by atoms with Crippen molar-refractivity contribution >= 4 is 66.4 Å². The van der Waals surface area contributed by atoms with E-state index < -0.39 is 7.14 Å². The molecule has 198 valence electrons. The summed E-state index contributed by atoms with van der Waals surface area (Å²) < 4.78 is 14.9. The molecule has 0 saturated heterocycles. The number of nitrogens with zero attached hydrogens (tertiary/aromatic N) is 1. The van der Waals surface area contributed by atoms with Crippen LogP contribution in [0.5, 0.6) is 0 Å². The third kappa shape index (κ3) is 3.96. The molecule has 0 aliphatic carbocycles. The summed E-state index contributed by atoms with van der Waals surface area (Å²) >= 11 is 0. The third-order valence-corrected chi connectivity index (χ3v) is 11.3. The van der Waals surface area contributed by atoms with Crippen molar-refractivity contribution in [3.8, 4) is 11.1 Å². The van der Waals surface area contributed by atoms with Crippen molar-refractivity contribution in [2.24, 2.45) is 0 Å². The summed E-state index contributed by atoms with van der Waals surface area (Å²) in [6.45, 7) is 0. The largest absolute Gasteiger partial charge is 0.309 e. The van der Waals surface area contributed by atoms with Crippen molar-refractivity contribution in [1.82, 2.24) is 4.98 Å². The Bertz CT molecular complexity index is 2280. The highest BCUT2D eigenvalue weighted by Crippen LogP contribution is 2.43. The Labute approximate surface area is 244 Å². The first-order chi connectivity index (χ1) is 20.7. The SMILES string of the molecule is O=P(c1ccccc1)(c1ccccc1)c1ccc2cc(-c3cc4cc5ccccc5nc4c4ccccc34)ccc2c1. The number of rotatable bonds is 4. The number of para-hydroxylation sites is 1. The van der Waals surface area contributed by atoms with E-state index in [1.165, 1.54) is 10.9 Å². The van der Waals surface area contributed by atoms with E-state index in [1.807, 2.05) is 72.8 Å². The van der Waals surface area contributed by atoms with Gasteiger partial charge in [-0.3, -0.25) is 0 Å². The summed E-state index contributed by atoms with van der Waals surface area (Å²) in [6, 6.07) is 53.9. The average molecular weight is 556 g/mol. The Morgan fingerprint density at radius 2 is 1.05 bits per heavy atom. The van der Waals surface area contributed by atoms with Crippen LogP contribution in [0.2, 0.25) is 0 Å². The van der Waals surface area contributed by atoms with Crippen LogP contribution in [0.1, 0.15) is 0 Å². The van der Waals surface area contributed by atoms with Gasteiger partial charge in [0, 0.05) is 32.1 Å². The lowest BCUT2D eigenvalue weighted by Gasteiger charge is -2.20. The van der Waals surface area contributed by atoms with Gasteiger partial charge in [-0.25, -0.2) is 4.98 Å². The van der Waals surface area contributed by atoms with Crippen LogP contribution in [0.3, 0.4) is 0 Å². The summed E-state index contributed by atoms with van der Waals surface area (Å²) in [5.41, 5.74) is 4.36. The van der Waals surface area contributed by atoms with Crippen molar-refractivity contribution in [1.29, 1.82) is 0 Å². The second kappa shape index (κ2) is 9.80. The fourth-order valence-corrected chi connectivity index (χ4v) is 8.86. The van der Waals surface area contributed by atoms with Gasteiger partial charge in [0.25, 0.3) is 0 Å². The third-order valence-electron chi connectivity index (χ3n) is 8.26. The van der Waals surface area contributed by atoms with Gasteiger partial charge < -0.3 is 4.57 Å². The van der Waals surface area contributed by atoms with E-state index in [9.17, 15) is 4.57 Å². The van der Waals surface area contributed by atoms with E-state index in [0.717, 1.165) is 59.4 Å². The monoisotopic (exact) mass is 555 g/mol. The molecule has 0 spiro atoms. The van der Waals surface area contributed by atoms with Gasteiger partial charge in [-0.1, -0.05) is 127 Å². The molecule has 0 N–H and O–H groups in total. The first-order valence-electron chi connectivity index (χ1n) is 14.2. The fraction of sp³-hybridized carbons (Fsp3) is 0. The zero-order chi connectivity index (χ0) is 28.1. The molecule has 2 nitrogen and oxygen atoms in total. The van der Waals surface area contributed by atoms with E-state index in [1.54, 1.807) is 0 Å². The maximum absolute atomic E-state index is 14.9. The molecule has 42 heavy (non-hydrogen) atoms. The lowest BCUT2D eigenvalue weighted by Crippen LogP contribution is -2.24. The number of hydrogen-bond donors (Lipinski definition) is 0. The lowest BCUT2D eigenvalue weighted by molar-refractivity contribution is 0.592. The molecular weight excluding hydrogens is 529 g/mol. The molecule has 0 fully saturated rings. The van der Waals surface area contributed by atoms with E-state index >= 15 is 0 Å². The average Bonchev–Trinajstić information content (AvgIpc) is 3.07. The molecule has 7 aromatic carbocycles. The second-order valence-electron chi connectivity index (χ2n) is 10.7. The van der Waals surface area contributed by atoms with Gasteiger partial charge in [0.05, 0.1) is 11.0 Å². The van der Waals surface area contributed by atoms with E-state index in [-0.39, 0.29) is 0 Å². The second-order valence-corrected chi connectivity index (χ2v) is 13.5. The summed E-state index contributed by atoms with van der Waals surface area (Å²) in [6.07, 6.45) is 0. The Morgan fingerprint density at radius 3 is 1.81 bits per heavy atom. The maximum Gasteiger partial charge on any atom is 0.171 e. The van der Waals surface area contributed by atoms with Crippen LogP contribution < -0.4 is 15.9 Å². The van der Waals surface area contributed by atoms with Crippen molar-refractivity contribution < 1.29 is 4.57 Å². The minimum Gasteiger partial charge on any atom is -0.309 e. The van der Waals surface area contributed by atoms with E-state index in [2.05, 4.69) is 84.9 Å². The Kier molecular flexibility index (Phi) is 5.77. The number of pyridine rings is 1. The van der Waals surface area contributed by atoms with Crippen molar-refractivity contribution in [3.05, 3.63) is 158 Å². The molecule has 0 amide bonds. The highest BCUT2D eigenvalue weighted by Gasteiger charge is 2.29. The standard InChI is InChI=1S/C39H26NOP/c41-42(32-12-3-1-4-13-32,33-14-5-2-6-15-33)34-22-21-27-23-29(20-19-28(27)25-34)37-26-31-24-30-11-7-10-18-38(30)40-39(31)36-17-9-8-16-35(36)37/h1-26H. The number of hydrogen-bond acceptors (Lipinski definition) is 2. The highest BCUT2D eigenvalue weighted by atomic mass is 31.2. The molecule has 3 heteroatoms. The topological polar surface area (TPSA) is 30.0 Å². The molecule has 0 bridgehead atoms. The molecule has 0 radical (unpaired) electrons. The summed E-state index contributed by atoms with van der Waals surface area (Å²) in [7, 11) is -3.04. The lowest BCUT2D eigenvalue weighted by atomic mass is 9.93. The Morgan fingerprint density at radius 1 is 0.429 bits per heavy atom. The molecule has 1 aromatic heterocycles. The van der Waals surface area contributed by atoms with Gasteiger partial charge in [0.15, 0.2) is 7.14 Å². The van der Waals surface area contributed by atoms with Crippen LogP contribution in [0, 0.1) is 0 Å². The van der Waals surface area contributed by atoms with Crippen molar-refractivity contribution in [2.75, 3.05) is 0 Å². The summed E-state index contributed by atoms with van der Waals surface area (Å²) in [4.78, 5) is 5.05. The summed E-state index contributed by atoms with van der Waals surface area (Å²) in [5.74, 6) is 0. The van der Waals surface area contributed by atoms with Gasteiger partial charge in [-0.2, -0.15) is 0 Å². The predicted molar refractivity (Wildman–Crippen MR) is 179 cm³/mol. The summed E-state index contributed by atoms with van der Waals surface area (Å²) in [5, 5.41) is 9.31. The molecule has 0 unspecified atom stereocenters. The van der Waals surface area contributed by atoms with Crippen LogP contribution >= 0.6 is 7.14 Å². The molecule has 0 atom stereocenters. The smallest absolute Gasteiger partial charge is 0.171 e. The first kappa shape index (κ1) is 24.7. The minimum atomic E-state index is -3.04. The normalized spacial score (nSPS) is 11.9. The molecule has 0 aliphatic rings. The van der Waals surface area contributed by atoms with Gasteiger partial charge in [0.2, 0.25) is 0 Å². The molecule has 8 rings (SSSR count). The minimum absolute atomic E-state index is 0.842. The molecular formula is C39H26NOP. The van der Waals surface area contributed by atoms with E-state index in [4.69, 9.17) is 4.98 Å². The van der Waals surface area contributed by atoms with Gasteiger partial charge in [-0.15, -0.1) is 0 Å². The maximum atomic E-state index is 14.9. The molecule has 0 saturated carbocycles. The number of benzene rings is 7. The zero-order valence-corrected chi connectivity index (χ0v) is 23.7. The number of fused-ring (bicyclic) bond motifs is 5. The Hall–Kier alpha value is -5.04. The quantitative estimate of drug-likeness (QED) is 0.123. The van der Waals surface area contributed by atoms with Crippen LogP contribution in [-0.4, -0.2) is 4.98 Å². The van der Waals surface area contributed by atoms with Crippen LogP contribution in [-0.2, 0) is 4.57 Å². The molecule has 0 aliphatic heterocycles. The Balaban J connectivity index is 1.30. The predicted octanol–water partition coefficient (Wildman–Crippen LogP) is 9.00. The number of aromatic nitrogens is 1. The van der Waals surface area contributed by atoms with E-state index in [0.29, 0.717) is 0 Å². The van der Waals surface area contributed by atoms with Crippen molar-refractivity contribution in [3.63, 3.8) is 0 Å². The first-order valence-corrected chi connectivity index (χ1v) is 15.9. The van der Waals surface area contributed by atoms with Gasteiger partial charge >= 0.3 is 0 Å². The van der Waals surface area contributed by atoms with Gasteiger partial charge in [0.1, 0.15) is 0 Å². The van der Waals surface area contributed by atoms with Crippen LogP contribution in [0.4, 0.5) is 0 Å². The zero-order valence-electron chi connectivity index (χ0n) is 22.8. The van der Waals surface area contributed by atoms with Crippen LogP contribution in [0.25, 0.3) is 54.5 Å². The van der Waals surface area contributed by atoms with Gasteiger partial charge in [-0.05, 0) is 57.6 Å². The highest BCUT2D eigenvalue weighted by molar-refractivity contribution is 7.85. The fourth-order valence-electron chi connectivity index (χ4n) is 6.17.